The Hall–Kier alpha value is -1.99. The summed E-state index contributed by atoms with van der Waals surface area (Å²) in [6.45, 7) is 4.06. The van der Waals surface area contributed by atoms with Crippen LogP contribution in [0.5, 0.6) is 0 Å². The van der Waals surface area contributed by atoms with Gasteiger partial charge in [0.05, 0.1) is 22.4 Å². The van der Waals surface area contributed by atoms with Crippen LogP contribution in [-0.2, 0) is 6.54 Å². The van der Waals surface area contributed by atoms with Gasteiger partial charge in [0.25, 0.3) is 0 Å². The standard InChI is InChI=1S/C13H15N3O3S/c1-8(2)14-15-13-16(5-6-17)10-4-3-9(12(18)19)7-11(10)20-13/h3-4,7,17H,5-6H2,1-2H3,(H,18,19)/b15-13+. The average Bonchev–Trinajstić information content (AvgIpc) is 2.74. The second-order valence-corrected chi connectivity index (χ2v) is 5.40. The zero-order valence-electron chi connectivity index (χ0n) is 11.2. The zero-order valence-corrected chi connectivity index (χ0v) is 12.0. The van der Waals surface area contributed by atoms with Crippen molar-refractivity contribution in [2.45, 2.75) is 20.4 Å². The van der Waals surface area contributed by atoms with Crippen molar-refractivity contribution >= 4 is 33.2 Å². The van der Waals surface area contributed by atoms with Gasteiger partial charge in [-0.3, -0.25) is 0 Å². The highest BCUT2D eigenvalue weighted by molar-refractivity contribution is 7.16. The minimum absolute atomic E-state index is 0.0193. The van der Waals surface area contributed by atoms with E-state index in [1.807, 2.05) is 18.4 Å². The number of hydrogen-bond acceptors (Lipinski definition) is 5. The van der Waals surface area contributed by atoms with Crippen molar-refractivity contribution in [3.8, 4) is 0 Å². The van der Waals surface area contributed by atoms with Crippen LogP contribution in [0.1, 0.15) is 24.2 Å². The molecule has 1 heterocycles. The predicted molar refractivity (Wildman–Crippen MR) is 78.2 cm³/mol. The van der Waals surface area contributed by atoms with Gasteiger partial charge in [0.2, 0.25) is 4.80 Å². The van der Waals surface area contributed by atoms with Crippen molar-refractivity contribution < 1.29 is 15.0 Å². The number of aliphatic hydroxyl groups excluding tert-OH is 1. The normalized spacial score (nSPS) is 11.8. The number of aromatic nitrogens is 1. The Bertz CT molecular complexity index is 739. The molecule has 0 fully saturated rings. The summed E-state index contributed by atoms with van der Waals surface area (Å²) < 4.78 is 2.64. The van der Waals surface area contributed by atoms with Crippen LogP contribution in [0.4, 0.5) is 0 Å². The van der Waals surface area contributed by atoms with E-state index in [2.05, 4.69) is 10.2 Å². The molecule has 0 aliphatic carbocycles. The van der Waals surface area contributed by atoms with Crippen LogP contribution in [0.25, 0.3) is 10.2 Å². The molecule has 0 spiro atoms. The Morgan fingerprint density at radius 3 is 2.75 bits per heavy atom. The van der Waals surface area contributed by atoms with E-state index in [1.165, 1.54) is 11.3 Å². The van der Waals surface area contributed by atoms with Crippen molar-refractivity contribution in [2.24, 2.45) is 10.2 Å². The fourth-order valence-corrected chi connectivity index (χ4v) is 2.79. The lowest BCUT2D eigenvalue weighted by Gasteiger charge is -2.01. The summed E-state index contributed by atoms with van der Waals surface area (Å²) in [6.07, 6.45) is 0. The summed E-state index contributed by atoms with van der Waals surface area (Å²) in [6, 6.07) is 4.88. The van der Waals surface area contributed by atoms with Crippen molar-refractivity contribution in [3.05, 3.63) is 28.6 Å². The molecule has 0 bridgehead atoms. The third kappa shape index (κ3) is 2.94. The zero-order chi connectivity index (χ0) is 14.7. The molecule has 1 aromatic carbocycles. The summed E-state index contributed by atoms with van der Waals surface area (Å²) in [4.78, 5) is 11.6. The highest BCUT2D eigenvalue weighted by Gasteiger charge is 2.09. The maximum atomic E-state index is 11.0. The Morgan fingerprint density at radius 1 is 1.40 bits per heavy atom. The number of benzene rings is 1. The third-order valence-electron chi connectivity index (χ3n) is 2.59. The molecule has 1 aromatic heterocycles. The molecule has 0 radical (unpaired) electrons. The van der Waals surface area contributed by atoms with E-state index in [4.69, 9.17) is 10.2 Å². The van der Waals surface area contributed by atoms with Gasteiger partial charge in [-0.25, -0.2) is 4.79 Å². The molecule has 106 valence electrons. The second-order valence-electron chi connectivity index (χ2n) is 4.39. The quantitative estimate of drug-likeness (QED) is 0.664. The number of hydrogen-bond donors (Lipinski definition) is 2. The number of fused-ring (bicyclic) bond motifs is 1. The van der Waals surface area contributed by atoms with Crippen LogP contribution in [0.2, 0.25) is 0 Å². The van der Waals surface area contributed by atoms with Crippen molar-refractivity contribution in [1.82, 2.24) is 4.57 Å². The highest BCUT2D eigenvalue weighted by atomic mass is 32.1. The number of aliphatic hydroxyl groups is 1. The lowest BCUT2D eigenvalue weighted by atomic mass is 10.2. The molecule has 0 aliphatic heterocycles. The SMILES string of the molecule is CC(C)=N/N=c1/sc2cc(C(=O)O)ccc2n1CCO. The first-order valence-corrected chi connectivity index (χ1v) is 6.87. The van der Waals surface area contributed by atoms with Gasteiger partial charge in [0, 0.05) is 12.3 Å². The molecule has 0 atom stereocenters. The van der Waals surface area contributed by atoms with Gasteiger partial charge in [-0.1, -0.05) is 11.3 Å². The summed E-state index contributed by atoms with van der Waals surface area (Å²) in [5.41, 5.74) is 1.90. The summed E-state index contributed by atoms with van der Waals surface area (Å²) >= 11 is 1.35. The van der Waals surface area contributed by atoms with Crippen LogP contribution in [0, 0.1) is 0 Å². The lowest BCUT2D eigenvalue weighted by Crippen LogP contribution is -2.16. The van der Waals surface area contributed by atoms with Gasteiger partial charge in [-0.2, -0.15) is 5.10 Å². The molecule has 0 amide bonds. The molecule has 6 nitrogen and oxygen atoms in total. The topological polar surface area (TPSA) is 87.2 Å². The molecule has 2 rings (SSSR count). The number of carboxylic acid groups (broad SMARTS) is 1. The van der Waals surface area contributed by atoms with Gasteiger partial charge >= 0.3 is 5.97 Å². The van der Waals surface area contributed by atoms with Gasteiger partial charge in [0.15, 0.2) is 0 Å². The first kappa shape index (κ1) is 14.4. The van der Waals surface area contributed by atoms with E-state index >= 15 is 0 Å². The van der Waals surface area contributed by atoms with E-state index in [1.54, 1.807) is 18.2 Å². The van der Waals surface area contributed by atoms with Crippen LogP contribution >= 0.6 is 11.3 Å². The van der Waals surface area contributed by atoms with Crippen molar-refractivity contribution in [3.63, 3.8) is 0 Å². The number of aromatic carboxylic acids is 1. The highest BCUT2D eigenvalue weighted by Crippen LogP contribution is 2.19. The Labute approximate surface area is 119 Å². The number of rotatable bonds is 4. The fraction of sp³-hybridized carbons (Fsp3) is 0.308. The Morgan fingerprint density at radius 2 is 2.15 bits per heavy atom. The van der Waals surface area contributed by atoms with E-state index in [0.717, 1.165) is 15.9 Å². The Kier molecular flexibility index (Phi) is 4.31. The maximum Gasteiger partial charge on any atom is 0.335 e. The van der Waals surface area contributed by atoms with E-state index in [-0.39, 0.29) is 12.2 Å². The molecule has 20 heavy (non-hydrogen) atoms. The monoisotopic (exact) mass is 293 g/mol. The van der Waals surface area contributed by atoms with Crippen LogP contribution in [0.15, 0.2) is 28.4 Å². The number of nitrogens with zero attached hydrogens (tertiary/aromatic N) is 3. The summed E-state index contributed by atoms with van der Waals surface area (Å²) in [5, 5.41) is 26.3. The molecule has 7 heteroatoms. The first-order chi connectivity index (χ1) is 9.52. The van der Waals surface area contributed by atoms with Crippen molar-refractivity contribution in [2.75, 3.05) is 6.61 Å². The number of thiazole rings is 1. The molecule has 0 saturated carbocycles. The molecule has 0 saturated heterocycles. The molecule has 2 aromatic rings. The van der Waals surface area contributed by atoms with E-state index in [0.29, 0.717) is 11.3 Å². The maximum absolute atomic E-state index is 11.0. The van der Waals surface area contributed by atoms with Crippen LogP contribution in [-0.4, -0.2) is 33.1 Å². The fourth-order valence-electron chi connectivity index (χ4n) is 1.74. The van der Waals surface area contributed by atoms with Crippen LogP contribution in [0.3, 0.4) is 0 Å². The Balaban J connectivity index is 2.68. The first-order valence-electron chi connectivity index (χ1n) is 6.05. The van der Waals surface area contributed by atoms with Gasteiger partial charge in [-0.15, -0.1) is 5.10 Å². The molecule has 0 unspecified atom stereocenters. The number of carbonyl (C=O) groups is 1. The lowest BCUT2D eigenvalue weighted by molar-refractivity contribution is 0.0697. The van der Waals surface area contributed by atoms with Crippen molar-refractivity contribution in [1.29, 1.82) is 0 Å². The van der Waals surface area contributed by atoms with Gasteiger partial charge < -0.3 is 14.8 Å². The number of carboxylic acids is 1. The molecule has 2 N–H and O–H groups in total. The van der Waals surface area contributed by atoms with E-state index < -0.39 is 5.97 Å². The minimum Gasteiger partial charge on any atom is -0.478 e. The van der Waals surface area contributed by atoms with Crippen LogP contribution < -0.4 is 4.80 Å². The smallest absolute Gasteiger partial charge is 0.335 e. The molecular weight excluding hydrogens is 278 g/mol. The second kappa shape index (κ2) is 5.98. The molecule has 0 aliphatic rings. The summed E-state index contributed by atoms with van der Waals surface area (Å²) in [5.74, 6) is -0.963. The minimum atomic E-state index is -0.963. The largest absolute Gasteiger partial charge is 0.478 e. The van der Waals surface area contributed by atoms with Gasteiger partial charge in [-0.05, 0) is 32.0 Å². The average molecular weight is 293 g/mol. The summed E-state index contributed by atoms with van der Waals surface area (Å²) in [7, 11) is 0. The van der Waals surface area contributed by atoms with E-state index in [9.17, 15) is 4.79 Å². The van der Waals surface area contributed by atoms with Gasteiger partial charge in [0.1, 0.15) is 0 Å². The molecular formula is C13H15N3O3S. The predicted octanol–water partition coefficient (Wildman–Crippen LogP) is 1.69. The third-order valence-corrected chi connectivity index (χ3v) is 3.62.